The Morgan fingerprint density at radius 1 is 0.818 bits per heavy atom. The van der Waals surface area contributed by atoms with Crippen molar-refractivity contribution in [1.82, 2.24) is 0 Å². The summed E-state index contributed by atoms with van der Waals surface area (Å²) in [5, 5.41) is 0. The molecule has 2 aromatic rings. The van der Waals surface area contributed by atoms with Gasteiger partial charge in [-0.15, -0.1) is 0 Å². The summed E-state index contributed by atoms with van der Waals surface area (Å²) in [5.74, 6) is 0. The van der Waals surface area contributed by atoms with E-state index in [1.54, 1.807) is 0 Å². The van der Waals surface area contributed by atoms with E-state index in [0.717, 1.165) is 12.8 Å². The van der Waals surface area contributed by atoms with E-state index < -0.39 is 0 Å². The number of para-hydroxylation sites is 2. The Balaban J connectivity index is 1.38. The third-order valence-electron chi connectivity index (χ3n) is 7.86. The molecule has 3 aliphatic rings. The van der Waals surface area contributed by atoms with Gasteiger partial charge in [0.25, 0.3) is 0 Å². The van der Waals surface area contributed by atoms with Gasteiger partial charge in [0.15, 0.2) is 5.71 Å². The van der Waals surface area contributed by atoms with E-state index in [-0.39, 0.29) is 10.8 Å². The molecule has 0 fully saturated rings. The van der Waals surface area contributed by atoms with Crippen molar-refractivity contribution in [1.29, 1.82) is 0 Å². The second-order valence-electron chi connectivity index (χ2n) is 10.6. The molecule has 0 unspecified atom stereocenters. The number of hydrogen-bond acceptors (Lipinski definition) is 1. The molecule has 0 spiro atoms. The number of fused-ring (bicyclic) bond motifs is 2. The van der Waals surface area contributed by atoms with E-state index in [4.69, 9.17) is 0 Å². The van der Waals surface area contributed by atoms with Crippen molar-refractivity contribution >= 4 is 17.1 Å². The molecule has 2 heterocycles. The summed E-state index contributed by atoms with van der Waals surface area (Å²) < 4.78 is 2.35. The number of nitrogens with zero attached hydrogens (tertiary/aromatic N) is 2. The van der Waals surface area contributed by atoms with Crippen LogP contribution in [-0.2, 0) is 10.8 Å². The highest BCUT2D eigenvalue weighted by Crippen LogP contribution is 2.46. The number of likely N-dealkylation sites (N-methyl/N-ethyl adjacent to an activating group) is 1. The first-order chi connectivity index (χ1) is 15.7. The lowest BCUT2D eigenvalue weighted by molar-refractivity contribution is -0.401. The van der Waals surface area contributed by atoms with Crippen LogP contribution >= 0.6 is 0 Å². The summed E-state index contributed by atoms with van der Waals surface area (Å²) in [4.78, 5) is 2.35. The molecule has 0 amide bonds. The lowest BCUT2D eigenvalue weighted by atomic mass is 9.81. The highest BCUT2D eigenvalue weighted by Gasteiger charge is 2.42. The van der Waals surface area contributed by atoms with Crippen LogP contribution in [0.15, 0.2) is 95.8 Å². The molecular weight excluding hydrogens is 400 g/mol. The maximum absolute atomic E-state index is 2.37. The van der Waals surface area contributed by atoms with Crippen LogP contribution in [0, 0.1) is 0 Å². The second kappa shape index (κ2) is 7.73. The Hall–Kier alpha value is -3.13. The summed E-state index contributed by atoms with van der Waals surface area (Å²) in [6, 6.07) is 17.5. The van der Waals surface area contributed by atoms with Crippen molar-refractivity contribution in [2.24, 2.45) is 0 Å². The molecule has 0 saturated carbocycles. The van der Waals surface area contributed by atoms with Gasteiger partial charge in [-0.05, 0) is 55.5 Å². The second-order valence-corrected chi connectivity index (χ2v) is 10.6. The molecule has 0 N–H and O–H groups in total. The normalized spacial score (nSPS) is 23.1. The summed E-state index contributed by atoms with van der Waals surface area (Å²) >= 11 is 0. The molecule has 2 aromatic carbocycles. The number of benzene rings is 2. The SMILES string of the molecule is CN1/C(=C\C=C2C=C(/C=C/C3=[N+](C)c4ccccc4C3(C)C)CC/2)C(C)(C)c2ccccc21. The van der Waals surface area contributed by atoms with Gasteiger partial charge in [-0.2, -0.15) is 4.58 Å². The van der Waals surface area contributed by atoms with Gasteiger partial charge in [0.2, 0.25) is 5.69 Å². The van der Waals surface area contributed by atoms with Gasteiger partial charge in [-0.1, -0.05) is 68.5 Å². The predicted molar refractivity (Wildman–Crippen MR) is 141 cm³/mol. The van der Waals surface area contributed by atoms with Crippen molar-refractivity contribution in [3.8, 4) is 0 Å². The van der Waals surface area contributed by atoms with Crippen LogP contribution in [0.3, 0.4) is 0 Å². The van der Waals surface area contributed by atoms with Crippen LogP contribution < -0.4 is 4.90 Å². The molecule has 0 bridgehead atoms. The molecule has 2 aliphatic heterocycles. The van der Waals surface area contributed by atoms with Crippen molar-refractivity contribution in [2.45, 2.75) is 51.4 Å². The zero-order valence-electron chi connectivity index (χ0n) is 20.8. The van der Waals surface area contributed by atoms with E-state index in [1.165, 1.54) is 45.1 Å². The van der Waals surface area contributed by atoms with Crippen molar-refractivity contribution < 1.29 is 4.58 Å². The van der Waals surface area contributed by atoms with Gasteiger partial charge in [0.1, 0.15) is 7.05 Å². The van der Waals surface area contributed by atoms with E-state index >= 15 is 0 Å². The van der Waals surface area contributed by atoms with E-state index in [0.29, 0.717) is 0 Å². The first-order valence-electron chi connectivity index (χ1n) is 12.0. The van der Waals surface area contributed by atoms with E-state index in [1.807, 2.05) is 0 Å². The molecule has 168 valence electrons. The Morgan fingerprint density at radius 3 is 2.24 bits per heavy atom. The third kappa shape index (κ3) is 3.44. The van der Waals surface area contributed by atoms with Gasteiger partial charge >= 0.3 is 0 Å². The van der Waals surface area contributed by atoms with Crippen LogP contribution in [-0.4, -0.2) is 24.4 Å². The minimum absolute atomic E-state index is 0.0255. The summed E-state index contributed by atoms with van der Waals surface area (Å²) in [5.41, 5.74) is 11.0. The van der Waals surface area contributed by atoms with Gasteiger partial charge in [0.05, 0.1) is 5.41 Å². The molecule has 0 aromatic heterocycles. The molecule has 0 saturated heterocycles. The fraction of sp³-hybridized carbons (Fsp3) is 0.323. The highest BCUT2D eigenvalue weighted by molar-refractivity contribution is 6.03. The lowest BCUT2D eigenvalue weighted by Crippen LogP contribution is -2.26. The number of rotatable bonds is 3. The fourth-order valence-corrected chi connectivity index (χ4v) is 5.91. The van der Waals surface area contributed by atoms with E-state index in [9.17, 15) is 0 Å². The van der Waals surface area contributed by atoms with Crippen LogP contribution in [0.25, 0.3) is 0 Å². The third-order valence-corrected chi connectivity index (χ3v) is 7.86. The zero-order valence-corrected chi connectivity index (χ0v) is 20.8. The molecule has 0 atom stereocenters. The maximum Gasteiger partial charge on any atom is 0.209 e. The van der Waals surface area contributed by atoms with Crippen molar-refractivity contribution in [3.05, 3.63) is 107 Å². The first-order valence-corrected chi connectivity index (χ1v) is 12.0. The Kier molecular flexibility index (Phi) is 5.08. The Morgan fingerprint density at radius 2 is 1.52 bits per heavy atom. The number of anilines is 1. The van der Waals surface area contributed by atoms with Crippen LogP contribution in [0.5, 0.6) is 0 Å². The molecular formula is C31H35N2+. The summed E-state index contributed by atoms with van der Waals surface area (Å²) in [7, 11) is 4.37. The maximum atomic E-state index is 2.37. The van der Waals surface area contributed by atoms with Gasteiger partial charge in [0, 0.05) is 41.6 Å². The van der Waals surface area contributed by atoms with E-state index in [2.05, 4.69) is 130 Å². The molecule has 2 nitrogen and oxygen atoms in total. The minimum atomic E-state index is 0.0255. The molecule has 1 aliphatic carbocycles. The molecule has 5 rings (SSSR count). The van der Waals surface area contributed by atoms with Crippen LogP contribution in [0.1, 0.15) is 51.7 Å². The molecule has 33 heavy (non-hydrogen) atoms. The minimum Gasteiger partial charge on any atom is -0.347 e. The topological polar surface area (TPSA) is 6.25 Å². The van der Waals surface area contributed by atoms with Gasteiger partial charge in [-0.3, -0.25) is 0 Å². The van der Waals surface area contributed by atoms with Gasteiger partial charge in [-0.25, -0.2) is 0 Å². The smallest absolute Gasteiger partial charge is 0.209 e. The largest absolute Gasteiger partial charge is 0.347 e. The monoisotopic (exact) mass is 435 g/mol. The molecule has 0 radical (unpaired) electrons. The fourth-order valence-electron chi connectivity index (χ4n) is 5.91. The Labute approximate surface area is 199 Å². The first kappa shape index (κ1) is 21.7. The van der Waals surface area contributed by atoms with Crippen molar-refractivity contribution in [2.75, 3.05) is 19.0 Å². The standard InChI is InChI=1S/C31H35N2/c1-30(2)24-11-7-9-13-26(24)32(5)28(30)19-17-22-15-16-23(21-22)18-20-29-31(3,4)25-12-8-10-14-27(25)33(29)6/h7-14,17-21H,15-16H2,1-6H3/q+1. The number of allylic oxidation sites excluding steroid dienone is 8. The van der Waals surface area contributed by atoms with Crippen LogP contribution in [0.4, 0.5) is 11.4 Å². The predicted octanol–water partition coefficient (Wildman–Crippen LogP) is 7.21. The Bertz CT molecular complexity index is 1280. The quantitative estimate of drug-likeness (QED) is 0.462. The average molecular weight is 436 g/mol. The van der Waals surface area contributed by atoms with Crippen molar-refractivity contribution in [3.63, 3.8) is 0 Å². The lowest BCUT2D eigenvalue weighted by Gasteiger charge is -2.23. The molecule has 2 heteroatoms. The summed E-state index contributed by atoms with van der Waals surface area (Å²) in [6.45, 7) is 9.31. The van der Waals surface area contributed by atoms with Crippen LogP contribution in [0.2, 0.25) is 0 Å². The summed E-state index contributed by atoms with van der Waals surface area (Å²) in [6.07, 6.45) is 13.9. The average Bonchev–Trinajstić information content (AvgIpc) is 3.38. The van der Waals surface area contributed by atoms with Gasteiger partial charge < -0.3 is 4.90 Å². The zero-order chi connectivity index (χ0) is 23.4. The number of hydrogen-bond donors (Lipinski definition) is 0. The highest BCUT2D eigenvalue weighted by atomic mass is 15.2.